The van der Waals surface area contributed by atoms with E-state index in [0.717, 1.165) is 27.8 Å². The number of benzene rings is 5. The van der Waals surface area contributed by atoms with Gasteiger partial charge in [0.15, 0.2) is 17.5 Å². The second-order valence-electron chi connectivity index (χ2n) is 12.0. The lowest BCUT2D eigenvalue weighted by Crippen LogP contribution is -2.14. The van der Waals surface area contributed by atoms with Crippen molar-refractivity contribution in [2.75, 3.05) is 0 Å². The maximum absolute atomic E-state index is 4.95. The summed E-state index contributed by atoms with van der Waals surface area (Å²) in [5.74, 6) is 1.85. The Kier molecular flexibility index (Phi) is 6.42. The van der Waals surface area contributed by atoms with Crippen LogP contribution in [0.3, 0.4) is 0 Å². The number of hydrogen-bond acceptors (Lipinski definition) is 4. The van der Waals surface area contributed by atoms with E-state index >= 15 is 0 Å². The van der Waals surface area contributed by atoms with E-state index < -0.39 is 0 Å². The van der Waals surface area contributed by atoms with Gasteiger partial charge in [0, 0.05) is 34.5 Å². The van der Waals surface area contributed by atoms with Crippen molar-refractivity contribution in [3.63, 3.8) is 0 Å². The molecule has 0 atom stereocenters. The fraction of sp³-hybridized carbons (Fsp3) is 0.0732. The molecule has 0 aliphatic heterocycles. The van der Waals surface area contributed by atoms with Gasteiger partial charge in [-0.1, -0.05) is 129 Å². The molecule has 7 aromatic rings. The molecule has 45 heavy (non-hydrogen) atoms. The second kappa shape index (κ2) is 10.8. The average Bonchev–Trinajstić information content (AvgIpc) is 3.34. The van der Waals surface area contributed by atoms with E-state index in [-0.39, 0.29) is 5.41 Å². The minimum absolute atomic E-state index is 0.0366. The van der Waals surface area contributed by atoms with Crippen molar-refractivity contribution in [2.24, 2.45) is 0 Å². The van der Waals surface area contributed by atoms with Gasteiger partial charge in [-0.15, -0.1) is 0 Å². The maximum Gasteiger partial charge on any atom is 0.165 e. The van der Waals surface area contributed by atoms with E-state index in [0.29, 0.717) is 17.5 Å². The molecule has 0 spiro atoms. The van der Waals surface area contributed by atoms with Crippen LogP contribution >= 0.6 is 0 Å². The highest BCUT2D eigenvalue weighted by Crippen LogP contribution is 2.49. The minimum atomic E-state index is -0.0366. The van der Waals surface area contributed by atoms with E-state index in [4.69, 9.17) is 15.0 Å². The van der Waals surface area contributed by atoms with Crippen LogP contribution < -0.4 is 0 Å². The molecule has 2 heterocycles. The molecule has 0 unspecified atom stereocenters. The molecule has 0 N–H and O–H groups in total. The lowest BCUT2D eigenvalue weighted by Gasteiger charge is -2.22. The molecule has 0 bridgehead atoms. The first kappa shape index (κ1) is 26.9. The lowest BCUT2D eigenvalue weighted by molar-refractivity contribution is 0.660. The van der Waals surface area contributed by atoms with Crippen molar-refractivity contribution in [3.8, 4) is 67.5 Å². The van der Waals surface area contributed by atoms with Gasteiger partial charge in [0.2, 0.25) is 0 Å². The molecule has 0 amide bonds. The summed E-state index contributed by atoms with van der Waals surface area (Å²) in [6, 6.07) is 46.8. The van der Waals surface area contributed by atoms with Crippen molar-refractivity contribution < 1.29 is 0 Å². The van der Waals surface area contributed by atoms with Crippen LogP contribution in [0.15, 0.2) is 146 Å². The van der Waals surface area contributed by atoms with Gasteiger partial charge in [-0.05, 0) is 62.7 Å². The summed E-state index contributed by atoms with van der Waals surface area (Å²) in [6.45, 7) is 4.63. The zero-order valence-electron chi connectivity index (χ0n) is 25.1. The Bertz CT molecular complexity index is 2150. The molecule has 4 heteroatoms. The minimum Gasteiger partial charge on any atom is -0.264 e. The summed E-state index contributed by atoms with van der Waals surface area (Å²) in [5.41, 5.74) is 12.8. The van der Waals surface area contributed by atoms with Gasteiger partial charge < -0.3 is 0 Å². The van der Waals surface area contributed by atoms with E-state index in [2.05, 4.69) is 134 Å². The van der Waals surface area contributed by atoms with E-state index in [9.17, 15) is 0 Å². The van der Waals surface area contributed by atoms with Gasteiger partial charge >= 0.3 is 0 Å². The predicted molar refractivity (Wildman–Crippen MR) is 182 cm³/mol. The summed E-state index contributed by atoms with van der Waals surface area (Å²) in [4.78, 5) is 19.0. The van der Waals surface area contributed by atoms with Crippen LogP contribution in [0, 0.1) is 0 Å². The van der Waals surface area contributed by atoms with Crippen LogP contribution in [0.25, 0.3) is 67.5 Å². The molecule has 1 aliphatic carbocycles. The fourth-order valence-electron chi connectivity index (χ4n) is 6.40. The number of pyridine rings is 1. The van der Waals surface area contributed by atoms with Crippen molar-refractivity contribution in [2.45, 2.75) is 19.3 Å². The summed E-state index contributed by atoms with van der Waals surface area (Å²) in [5, 5.41) is 0. The first-order valence-corrected chi connectivity index (χ1v) is 15.2. The SMILES string of the molecule is CC1(C)c2ccccc2-c2ccc(-c3ccc(-c4nc(-c5ccc(-c6ccccc6)cc5)nc(-c5cccnc5)n4)cc3)cc21. The molecular weight excluding hydrogens is 548 g/mol. The van der Waals surface area contributed by atoms with Crippen LogP contribution in [-0.4, -0.2) is 19.9 Å². The Labute approximate surface area is 263 Å². The van der Waals surface area contributed by atoms with Crippen molar-refractivity contribution in [1.82, 2.24) is 19.9 Å². The van der Waals surface area contributed by atoms with Crippen LogP contribution in [0.1, 0.15) is 25.0 Å². The van der Waals surface area contributed by atoms with E-state index in [1.807, 2.05) is 18.2 Å². The standard InChI is InChI=1S/C41H30N4/c1-41(2)36-13-7-6-12-34(36)35-23-22-32(25-37(35)41)29-16-20-31(21-17-29)39-43-38(44-40(45-39)33-11-8-24-42-26-33)30-18-14-28(15-19-30)27-9-4-3-5-10-27/h3-26H,1-2H3. The largest absolute Gasteiger partial charge is 0.264 e. The quantitative estimate of drug-likeness (QED) is 0.204. The van der Waals surface area contributed by atoms with Gasteiger partial charge in [0.05, 0.1) is 0 Å². The Balaban J connectivity index is 1.16. The maximum atomic E-state index is 4.95. The van der Waals surface area contributed by atoms with Crippen LogP contribution in [-0.2, 0) is 5.41 Å². The highest BCUT2D eigenvalue weighted by atomic mass is 15.0. The predicted octanol–water partition coefficient (Wildman–Crippen LogP) is 9.91. The zero-order chi connectivity index (χ0) is 30.4. The van der Waals surface area contributed by atoms with E-state index in [1.54, 1.807) is 12.4 Å². The molecule has 0 saturated carbocycles. The van der Waals surface area contributed by atoms with Crippen LogP contribution in [0.4, 0.5) is 0 Å². The van der Waals surface area contributed by atoms with E-state index in [1.165, 1.54) is 33.4 Å². The van der Waals surface area contributed by atoms with Crippen LogP contribution in [0.2, 0.25) is 0 Å². The molecule has 5 aromatic carbocycles. The fourth-order valence-corrected chi connectivity index (χ4v) is 6.40. The summed E-state index contributed by atoms with van der Waals surface area (Å²) >= 11 is 0. The number of nitrogens with zero attached hydrogens (tertiary/aromatic N) is 4. The summed E-state index contributed by atoms with van der Waals surface area (Å²) < 4.78 is 0. The average molecular weight is 579 g/mol. The number of hydrogen-bond donors (Lipinski definition) is 0. The third-order valence-corrected chi connectivity index (χ3v) is 8.87. The number of rotatable bonds is 5. The van der Waals surface area contributed by atoms with Crippen molar-refractivity contribution in [1.29, 1.82) is 0 Å². The topological polar surface area (TPSA) is 51.6 Å². The normalized spacial score (nSPS) is 12.8. The van der Waals surface area contributed by atoms with Gasteiger partial charge in [-0.3, -0.25) is 4.98 Å². The van der Waals surface area contributed by atoms with Crippen LogP contribution in [0.5, 0.6) is 0 Å². The first-order chi connectivity index (χ1) is 22.0. The molecular formula is C41H30N4. The number of aromatic nitrogens is 4. The lowest BCUT2D eigenvalue weighted by atomic mass is 9.81. The van der Waals surface area contributed by atoms with Gasteiger partial charge in [-0.25, -0.2) is 15.0 Å². The Morgan fingerprint density at radius 2 is 0.889 bits per heavy atom. The smallest absolute Gasteiger partial charge is 0.165 e. The first-order valence-electron chi connectivity index (χ1n) is 15.2. The van der Waals surface area contributed by atoms with Gasteiger partial charge in [-0.2, -0.15) is 0 Å². The monoisotopic (exact) mass is 578 g/mol. The second-order valence-corrected chi connectivity index (χ2v) is 12.0. The van der Waals surface area contributed by atoms with Crippen molar-refractivity contribution in [3.05, 3.63) is 157 Å². The molecule has 2 aromatic heterocycles. The molecule has 0 radical (unpaired) electrons. The third-order valence-electron chi connectivity index (χ3n) is 8.87. The third kappa shape index (κ3) is 4.81. The highest BCUT2D eigenvalue weighted by Gasteiger charge is 2.35. The Morgan fingerprint density at radius 3 is 1.53 bits per heavy atom. The van der Waals surface area contributed by atoms with Crippen molar-refractivity contribution >= 4 is 0 Å². The molecule has 8 rings (SSSR count). The summed E-state index contributed by atoms with van der Waals surface area (Å²) in [7, 11) is 0. The molecule has 1 aliphatic rings. The molecule has 4 nitrogen and oxygen atoms in total. The summed E-state index contributed by atoms with van der Waals surface area (Å²) in [6.07, 6.45) is 3.55. The Hall–Kier alpha value is -5.74. The van der Waals surface area contributed by atoms with Gasteiger partial charge in [0.1, 0.15) is 0 Å². The number of fused-ring (bicyclic) bond motifs is 3. The highest BCUT2D eigenvalue weighted by molar-refractivity contribution is 5.84. The zero-order valence-corrected chi connectivity index (χ0v) is 25.1. The Morgan fingerprint density at radius 1 is 0.400 bits per heavy atom. The molecule has 214 valence electrons. The molecule has 0 saturated heterocycles. The van der Waals surface area contributed by atoms with Gasteiger partial charge in [0.25, 0.3) is 0 Å². The molecule has 0 fully saturated rings.